The van der Waals surface area contributed by atoms with E-state index in [0.717, 1.165) is 5.82 Å². The van der Waals surface area contributed by atoms with Crippen molar-refractivity contribution in [3.05, 3.63) is 12.2 Å². The van der Waals surface area contributed by atoms with E-state index in [4.69, 9.17) is 4.74 Å². The molecule has 2 rings (SSSR count). The van der Waals surface area contributed by atoms with Crippen molar-refractivity contribution in [3.63, 3.8) is 0 Å². The van der Waals surface area contributed by atoms with Gasteiger partial charge in [-0.25, -0.2) is 0 Å². The van der Waals surface area contributed by atoms with E-state index in [-0.39, 0.29) is 24.7 Å². The van der Waals surface area contributed by atoms with Crippen LogP contribution in [0.1, 0.15) is 39.4 Å². The highest BCUT2D eigenvalue weighted by atomic mass is 16.6. The number of hydrogen-bond donors (Lipinski definition) is 0. The summed E-state index contributed by atoms with van der Waals surface area (Å²) in [6, 6.07) is 0. The Kier molecular flexibility index (Phi) is 4.06. The molecule has 0 saturated heterocycles. The van der Waals surface area contributed by atoms with Gasteiger partial charge >= 0.3 is 5.97 Å². The normalized spacial score (nSPS) is 14.8. The fraction of sp³-hybridized carbons (Fsp3) is 0.692. The summed E-state index contributed by atoms with van der Waals surface area (Å²) < 4.78 is 7.11. The predicted molar refractivity (Wildman–Crippen MR) is 70.5 cm³/mol. The first-order valence-electron chi connectivity index (χ1n) is 6.71. The van der Waals surface area contributed by atoms with Crippen LogP contribution in [0.2, 0.25) is 0 Å². The summed E-state index contributed by atoms with van der Waals surface area (Å²) >= 11 is 0. The minimum absolute atomic E-state index is 0.0508. The molecular formula is C13H20N4O3. The van der Waals surface area contributed by atoms with Crippen LogP contribution in [-0.4, -0.2) is 43.7 Å². The van der Waals surface area contributed by atoms with E-state index in [0.29, 0.717) is 19.6 Å². The number of fused-ring (bicyclic) bond motifs is 1. The van der Waals surface area contributed by atoms with Gasteiger partial charge in [-0.15, -0.1) is 10.2 Å². The lowest BCUT2D eigenvalue weighted by atomic mass is 10.2. The van der Waals surface area contributed by atoms with Gasteiger partial charge in [0.15, 0.2) is 5.82 Å². The van der Waals surface area contributed by atoms with Gasteiger partial charge < -0.3 is 14.2 Å². The van der Waals surface area contributed by atoms with Gasteiger partial charge in [-0.2, -0.15) is 0 Å². The quantitative estimate of drug-likeness (QED) is 0.763. The second-order valence-corrected chi connectivity index (χ2v) is 5.84. The molecule has 1 aromatic heterocycles. The van der Waals surface area contributed by atoms with Gasteiger partial charge in [-0.05, 0) is 20.8 Å². The molecule has 0 saturated carbocycles. The third-order valence-corrected chi connectivity index (χ3v) is 2.95. The van der Waals surface area contributed by atoms with Crippen molar-refractivity contribution >= 4 is 11.9 Å². The molecule has 0 spiro atoms. The van der Waals surface area contributed by atoms with Gasteiger partial charge in [0.2, 0.25) is 5.91 Å². The lowest BCUT2D eigenvalue weighted by Crippen LogP contribution is -2.38. The summed E-state index contributed by atoms with van der Waals surface area (Å²) in [4.78, 5) is 25.3. The van der Waals surface area contributed by atoms with E-state index in [9.17, 15) is 9.59 Å². The van der Waals surface area contributed by atoms with Crippen molar-refractivity contribution in [2.75, 3.05) is 6.54 Å². The van der Waals surface area contributed by atoms with Crippen LogP contribution in [-0.2, 0) is 27.4 Å². The Hall–Kier alpha value is -1.92. The van der Waals surface area contributed by atoms with Crippen LogP contribution < -0.4 is 0 Å². The zero-order valence-corrected chi connectivity index (χ0v) is 12.1. The molecule has 1 aliphatic rings. The largest absolute Gasteiger partial charge is 0.460 e. The minimum atomic E-state index is -0.512. The Bertz CT molecular complexity index is 504. The number of ether oxygens (including phenoxy) is 1. The first kappa shape index (κ1) is 14.5. The summed E-state index contributed by atoms with van der Waals surface area (Å²) in [5.41, 5.74) is -0.512. The van der Waals surface area contributed by atoms with Crippen molar-refractivity contribution in [2.45, 2.75) is 52.3 Å². The van der Waals surface area contributed by atoms with Crippen molar-refractivity contribution in [1.29, 1.82) is 0 Å². The summed E-state index contributed by atoms with van der Waals surface area (Å²) in [6.07, 6.45) is 1.94. The Morgan fingerprint density at radius 3 is 2.75 bits per heavy atom. The highest BCUT2D eigenvalue weighted by Crippen LogP contribution is 2.13. The molecule has 0 fully saturated rings. The van der Waals surface area contributed by atoms with E-state index >= 15 is 0 Å². The zero-order chi connectivity index (χ0) is 14.8. The van der Waals surface area contributed by atoms with Crippen LogP contribution in [0.15, 0.2) is 6.33 Å². The number of esters is 1. The Labute approximate surface area is 117 Å². The van der Waals surface area contributed by atoms with Crippen LogP contribution in [0.3, 0.4) is 0 Å². The van der Waals surface area contributed by atoms with Crippen LogP contribution in [0.5, 0.6) is 0 Å². The average Bonchev–Trinajstić information content (AvgIpc) is 2.80. The molecular weight excluding hydrogens is 260 g/mol. The van der Waals surface area contributed by atoms with Crippen LogP contribution in [0, 0.1) is 0 Å². The molecule has 0 N–H and O–H groups in total. The molecule has 110 valence electrons. The highest BCUT2D eigenvalue weighted by molar-refractivity contribution is 5.81. The molecule has 7 heteroatoms. The van der Waals surface area contributed by atoms with Gasteiger partial charge in [0.25, 0.3) is 0 Å². The lowest BCUT2D eigenvalue weighted by molar-refractivity contribution is -0.156. The highest BCUT2D eigenvalue weighted by Gasteiger charge is 2.23. The minimum Gasteiger partial charge on any atom is -0.460 e. The fourth-order valence-corrected chi connectivity index (χ4v) is 2.04. The van der Waals surface area contributed by atoms with Gasteiger partial charge in [-0.3, -0.25) is 9.59 Å². The Morgan fingerprint density at radius 1 is 1.30 bits per heavy atom. The predicted octanol–water partition coefficient (Wildman–Crippen LogP) is 0.742. The first-order chi connectivity index (χ1) is 9.35. The lowest BCUT2D eigenvalue weighted by Gasteiger charge is -2.27. The fourth-order valence-electron chi connectivity index (χ4n) is 2.04. The monoisotopic (exact) mass is 280 g/mol. The molecule has 0 aliphatic carbocycles. The number of amides is 1. The Balaban J connectivity index is 1.80. The number of carbonyl (C=O) groups excluding carboxylic acids is 2. The Morgan fingerprint density at radius 2 is 2.05 bits per heavy atom. The maximum Gasteiger partial charge on any atom is 0.306 e. The maximum atomic E-state index is 12.1. The summed E-state index contributed by atoms with van der Waals surface area (Å²) in [5.74, 6) is 0.387. The molecule has 0 radical (unpaired) electrons. The second-order valence-electron chi connectivity index (χ2n) is 5.84. The molecule has 0 unspecified atom stereocenters. The SMILES string of the molecule is CC(C)(C)OC(=O)CCC(=O)N1CCn2cnnc2C1. The van der Waals surface area contributed by atoms with Gasteiger partial charge in [0, 0.05) is 19.5 Å². The van der Waals surface area contributed by atoms with E-state index < -0.39 is 5.60 Å². The van der Waals surface area contributed by atoms with Gasteiger partial charge in [-0.1, -0.05) is 0 Å². The van der Waals surface area contributed by atoms with Crippen molar-refractivity contribution < 1.29 is 14.3 Å². The maximum absolute atomic E-state index is 12.1. The van der Waals surface area contributed by atoms with E-state index in [1.807, 2.05) is 25.3 Å². The molecule has 1 aromatic rings. The zero-order valence-electron chi connectivity index (χ0n) is 12.1. The van der Waals surface area contributed by atoms with E-state index in [2.05, 4.69) is 10.2 Å². The second kappa shape index (κ2) is 5.60. The molecule has 1 aliphatic heterocycles. The molecule has 20 heavy (non-hydrogen) atoms. The van der Waals surface area contributed by atoms with Crippen molar-refractivity contribution in [1.82, 2.24) is 19.7 Å². The number of aromatic nitrogens is 3. The van der Waals surface area contributed by atoms with Crippen LogP contribution >= 0.6 is 0 Å². The van der Waals surface area contributed by atoms with E-state index in [1.54, 1.807) is 11.2 Å². The molecule has 0 atom stereocenters. The molecule has 1 amide bonds. The molecule has 7 nitrogen and oxygen atoms in total. The van der Waals surface area contributed by atoms with Crippen LogP contribution in [0.25, 0.3) is 0 Å². The summed E-state index contributed by atoms with van der Waals surface area (Å²) in [7, 11) is 0. The van der Waals surface area contributed by atoms with Gasteiger partial charge in [0.1, 0.15) is 11.9 Å². The topological polar surface area (TPSA) is 77.3 Å². The standard InChI is InChI=1S/C13H20N4O3/c1-13(2,3)20-12(19)5-4-11(18)16-6-7-17-9-14-15-10(17)8-16/h9H,4-8H2,1-3H3. The number of rotatable bonds is 3. The molecule has 0 aromatic carbocycles. The number of hydrogen-bond acceptors (Lipinski definition) is 5. The average molecular weight is 280 g/mol. The summed E-state index contributed by atoms with van der Waals surface area (Å²) in [6.45, 7) is 7.20. The summed E-state index contributed by atoms with van der Waals surface area (Å²) in [5, 5.41) is 7.77. The number of nitrogens with zero attached hydrogens (tertiary/aromatic N) is 4. The smallest absolute Gasteiger partial charge is 0.306 e. The van der Waals surface area contributed by atoms with Crippen molar-refractivity contribution in [2.24, 2.45) is 0 Å². The third-order valence-electron chi connectivity index (χ3n) is 2.95. The van der Waals surface area contributed by atoms with E-state index in [1.165, 1.54) is 0 Å². The van der Waals surface area contributed by atoms with Crippen LogP contribution in [0.4, 0.5) is 0 Å². The molecule has 0 bridgehead atoms. The molecule has 2 heterocycles. The third kappa shape index (κ3) is 3.79. The number of carbonyl (C=O) groups is 2. The first-order valence-corrected chi connectivity index (χ1v) is 6.71. The van der Waals surface area contributed by atoms with Gasteiger partial charge in [0.05, 0.1) is 13.0 Å². The van der Waals surface area contributed by atoms with Crippen molar-refractivity contribution in [3.8, 4) is 0 Å².